The summed E-state index contributed by atoms with van der Waals surface area (Å²) in [5.41, 5.74) is 2.44. The molecule has 0 saturated carbocycles. The molecule has 0 unspecified atom stereocenters. The molecule has 0 aliphatic heterocycles. The van der Waals surface area contributed by atoms with Gasteiger partial charge >= 0.3 is 0 Å². The van der Waals surface area contributed by atoms with Gasteiger partial charge in [0.25, 0.3) is 0 Å². The van der Waals surface area contributed by atoms with Gasteiger partial charge in [-0.1, -0.05) is 24.6 Å². The van der Waals surface area contributed by atoms with Crippen LogP contribution in [-0.4, -0.2) is 47.1 Å². The number of halogens is 1. The fraction of sp³-hybridized carbons (Fsp3) is 0.625. The molecular formula is C16H27ClN2O2. The van der Waals surface area contributed by atoms with Crippen molar-refractivity contribution in [1.82, 2.24) is 5.32 Å². The predicted octanol–water partition coefficient (Wildman–Crippen LogP) is 2.94. The molecule has 0 aliphatic carbocycles. The number of anilines is 1. The standard InChI is InChI=1S/C16H27ClN2O2/c1-4-18-13-14-6-7-15(17)12-16(14)19(9-11-21-3)8-5-10-20-2/h6-7,12,18H,4-5,8-11,13H2,1-3H3. The normalized spacial score (nSPS) is 10.9. The number of methoxy groups -OCH3 is 2. The Balaban J connectivity index is 2.88. The fourth-order valence-corrected chi connectivity index (χ4v) is 2.36. The van der Waals surface area contributed by atoms with Gasteiger partial charge in [-0.25, -0.2) is 0 Å². The molecule has 1 aromatic carbocycles. The first-order valence-electron chi connectivity index (χ1n) is 7.44. The number of hydrogen-bond acceptors (Lipinski definition) is 4. The lowest BCUT2D eigenvalue weighted by Gasteiger charge is -2.27. The number of nitrogens with one attached hydrogen (secondary N) is 1. The van der Waals surface area contributed by atoms with Crippen LogP contribution >= 0.6 is 11.6 Å². The van der Waals surface area contributed by atoms with Crippen LogP contribution in [0.15, 0.2) is 18.2 Å². The second-order valence-electron chi connectivity index (χ2n) is 4.88. The zero-order valence-corrected chi connectivity index (χ0v) is 14.1. The zero-order chi connectivity index (χ0) is 15.5. The number of hydrogen-bond donors (Lipinski definition) is 1. The first kappa shape index (κ1) is 18.2. The third kappa shape index (κ3) is 6.66. The monoisotopic (exact) mass is 314 g/mol. The minimum Gasteiger partial charge on any atom is -0.385 e. The maximum atomic E-state index is 6.19. The highest BCUT2D eigenvalue weighted by Crippen LogP contribution is 2.25. The zero-order valence-electron chi connectivity index (χ0n) is 13.3. The summed E-state index contributed by atoms with van der Waals surface area (Å²) in [6, 6.07) is 6.08. The van der Waals surface area contributed by atoms with E-state index in [-0.39, 0.29) is 0 Å². The third-order valence-electron chi connectivity index (χ3n) is 3.30. The molecule has 0 atom stereocenters. The van der Waals surface area contributed by atoms with Crippen molar-refractivity contribution >= 4 is 17.3 Å². The molecular weight excluding hydrogens is 288 g/mol. The summed E-state index contributed by atoms with van der Waals surface area (Å²) >= 11 is 6.19. The maximum absolute atomic E-state index is 6.19. The Hall–Kier alpha value is -0.810. The highest BCUT2D eigenvalue weighted by atomic mass is 35.5. The number of rotatable bonds is 11. The van der Waals surface area contributed by atoms with E-state index in [1.165, 1.54) is 11.3 Å². The highest BCUT2D eigenvalue weighted by Gasteiger charge is 2.12. The van der Waals surface area contributed by atoms with Crippen molar-refractivity contribution in [3.8, 4) is 0 Å². The van der Waals surface area contributed by atoms with E-state index >= 15 is 0 Å². The molecule has 0 spiro atoms. The van der Waals surface area contributed by atoms with Gasteiger partial charge in [-0.2, -0.15) is 0 Å². The molecule has 0 saturated heterocycles. The van der Waals surface area contributed by atoms with Crippen LogP contribution < -0.4 is 10.2 Å². The van der Waals surface area contributed by atoms with E-state index in [1.54, 1.807) is 14.2 Å². The van der Waals surface area contributed by atoms with Crippen molar-refractivity contribution in [2.24, 2.45) is 0 Å². The van der Waals surface area contributed by atoms with E-state index < -0.39 is 0 Å². The van der Waals surface area contributed by atoms with Crippen LogP contribution in [-0.2, 0) is 16.0 Å². The third-order valence-corrected chi connectivity index (χ3v) is 3.53. The quantitative estimate of drug-likeness (QED) is 0.637. The van der Waals surface area contributed by atoms with Crippen molar-refractivity contribution < 1.29 is 9.47 Å². The van der Waals surface area contributed by atoms with Gasteiger partial charge in [0.2, 0.25) is 0 Å². The topological polar surface area (TPSA) is 33.7 Å². The summed E-state index contributed by atoms with van der Waals surface area (Å²) < 4.78 is 10.4. The molecule has 21 heavy (non-hydrogen) atoms. The van der Waals surface area contributed by atoms with Crippen LogP contribution in [0, 0.1) is 0 Å². The summed E-state index contributed by atoms with van der Waals surface area (Å²) in [4.78, 5) is 2.32. The van der Waals surface area contributed by atoms with E-state index in [4.69, 9.17) is 21.1 Å². The summed E-state index contributed by atoms with van der Waals surface area (Å²) in [7, 11) is 3.46. The lowest BCUT2D eigenvalue weighted by atomic mass is 10.1. The summed E-state index contributed by atoms with van der Waals surface area (Å²) in [6.07, 6.45) is 0.980. The second kappa shape index (κ2) is 10.9. The smallest absolute Gasteiger partial charge is 0.0637 e. The molecule has 1 aromatic rings. The van der Waals surface area contributed by atoms with Gasteiger partial charge in [0.15, 0.2) is 0 Å². The Morgan fingerprint density at radius 3 is 2.57 bits per heavy atom. The van der Waals surface area contributed by atoms with Gasteiger partial charge in [0.05, 0.1) is 6.61 Å². The van der Waals surface area contributed by atoms with Crippen molar-refractivity contribution in [2.45, 2.75) is 19.9 Å². The van der Waals surface area contributed by atoms with Crippen LogP contribution in [0.25, 0.3) is 0 Å². The predicted molar refractivity (Wildman–Crippen MR) is 89.4 cm³/mol. The molecule has 0 bridgehead atoms. The molecule has 0 amide bonds. The minimum absolute atomic E-state index is 0.695. The second-order valence-corrected chi connectivity index (χ2v) is 5.32. The number of ether oxygens (including phenoxy) is 2. The van der Waals surface area contributed by atoms with Crippen LogP contribution in [0.5, 0.6) is 0 Å². The molecule has 0 heterocycles. The van der Waals surface area contributed by atoms with E-state index in [2.05, 4.69) is 23.2 Å². The van der Waals surface area contributed by atoms with Crippen molar-refractivity contribution in [3.05, 3.63) is 28.8 Å². The Bertz CT molecular complexity index is 402. The summed E-state index contributed by atoms with van der Waals surface area (Å²) in [6.45, 7) is 7.13. The average Bonchev–Trinajstić information content (AvgIpc) is 2.49. The molecule has 0 aromatic heterocycles. The Morgan fingerprint density at radius 2 is 1.90 bits per heavy atom. The van der Waals surface area contributed by atoms with Crippen molar-refractivity contribution in [1.29, 1.82) is 0 Å². The Kier molecular flexibility index (Phi) is 9.42. The van der Waals surface area contributed by atoms with Crippen molar-refractivity contribution in [3.63, 3.8) is 0 Å². The van der Waals surface area contributed by atoms with Crippen LogP contribution in [0.1, 0.15) is 18.9 Å². The summed E-state index contributed by atoms with van der Waals surface area (Å²) in [5.74, 6) is 0. The molecule has 120 valence electrons. The Morgan fingerprint density at radius 1 is 1.14 bits per heavy atom. The van der Waals surface area contributed by atoms with Gasteiger partial charge in [-0.3, -0.25) is 0 Å². The van der Waals surface area contributed by atoms with E-state index in [9.17, 15) is 0 Å². The molecule has 0 radical (unpaired) electrons. The van der Waals surface area contributed by atoms with Crippen LogP contribution in [0.4, 0.5) is 5.69 Å². The van der Waals surface area contributed by atoms with Crippen molar-refractivity contribution in [2.75, 3.05) is 52.0 Å². The molecule has 0 aliphatic rings. The molecule has 0 fully saturated rings. The van der Waals surface area contributed by atoms with Crippen LogP contribution in [0.3, 0.4) is 0 Å². The van der Waals surface area contributed by atoms with Gasteiger partial charge < -0.3 is 19.7 Å². The largest absolute Gasteiger partial charge is 0.385 e. The lowest BCUT2D eigenvalue weighted by Crippen LogP contribution is -2.30. The highest BCUT2D eigenvalue weighted by molar-refractivity contribution is 6.30. The minimum atomic E-state index is 0.695. The van der Waals surface area contributed by atoms with Gasteiger partial charge in [0, 0.05) is 51.2 Å². The average molecular weight is 315 g/mol. The van der Waals surface area contributed by atoms with E-state index in [0.717, 1.165) is 44.2 Å². The first-order chi connectivity index (χ1) is 10.2. The first-order valence-corrected chi connectivity index (χ1v) is 7.82. The van der Waals surface area contributed by atoms with Gasteiger partial charge in [-0.15, -0.1) is 0 Å². The van der Waals surface area contributed by atoms with Crippen LogP contribution in [0.2, 0.25) is 5.02 Å². The molecule has 5 heteroatoms. The van der Waals surface area contributed by atoms with Gasteiger partial charge in [0.1, 0.15) is 0 Å². The van der Waals surface area contributed by atoms with Gasteiger partial charge in [-0.05, 0) is 30.7 Å². The van der Waals surface area contributed by atoms with E-state index in [1.807, 2.05) is 12.1 Å². The lowest BCUT2D eigenvalue weighted by molar-refractivity contribution is 0.191. The van der Waals surface area contributed by atoms with E-state index in [0.29, 0.717) is 6.61 Å². The SMILES string of the molecule is CCNCc1ccc(Cl)cc1N(CCCOC)CCOC. The Labute approximate surface area is 133 Å². The molecule has 1 rings (SSSR count). The maximum Gasteiger partial charge on any atom is 0.0637 e. The molecule has 4 nitrogen and oxygen atoms in total. The molecule has 1 N–H and O–H groups in total. The fourth-order valence-electron chi connectivity index (χ4n) is 2.19. The summed E-state index contributed by atoms with van der Waals surface area (Å²) in [5, 5.41) is 4.14. The number of benzene rings is 1. The number of nitrogens with zero attached hydrogens (tertiary/aromatic N) is 1.